The van der Waals surface area contributed by atoms with Gasteiger partial charge in [-0.2, -0.15) is 0 Å². The van der Waals surface area contributed by atoms with Gasteiger partial charge in [0, 0.05) is 62.0 Å². The number of phenolic OH excluding ortho intramolecular Hbond substituents is 2. The molecular formula is C30H37N5O7. The first kappa shape index (κ1) is 29.3. The molecule has 0 radical (unpaired) electrons. The van der Waals surface area contributed by atoms with Crippen LogP contribution in [0.4, 0.5) is 5.69 Å². The largest absolute Gasteiger partial charge is 0.508 e. The quantitative estimate of drug-likeness (QED) is 0.239. The summed E-state index contributed by atoms with van der Waals surface area (Å²) in [5, 5.41) is 38.5. The van der Waals surface area contributed by atoms with Crippen molar-refractivity contribution in [2.24, 2.45) is 5.92 Å². The Morgan fingerprint density at radius 1 is 1.10 bits per heavy atom. The fourth-order valence-corrected chi connectivity index (χ4v) is 6.05. The lowest BCUT2D eigenvalue weighted by Gasteiger charge is -2.41. The summed E-state index contributed by atoms with van der Waals surface area (Å²) in [6, 6.07) is 9.77. The fraction of sp³-hybridized carbons (Fsp3) is 0.467. The smallest absolute Gasteiger partial charge is 0.273 e. The second-order valence-corrected chi connectivity index (χ2v) is 11.5. The van der Waals surface area contributed by atoms with Gasteiger partial charge in [-0.1, -0.05) is 5.16 Å². The topological polar surface area (TPSA) is 154 Å². The molecule has 12 heteroatoms. The highest BCUT2D eigenvalue weighted by Crippen LogP contribution is 2.43. The number of aromatic hydroxyl groups is 2. The van der Waals surface area contributed by atoms with Crippen molar-refractivity contribution in [1.82, 2.24) is 20.3 Å². The number of amides is 1. The Kier molecular flexibility index (Phi) is 8.93. The van der Waals surface area contributed by atoms with E-state index in [9.17, 15) is 25.1 Å². The van der Waals surface area contributed by atoms with Crippen molar-refractivity contribution >= 4 is 11.6 Å². The number of rotatable bonds is 9. The van der Waals surface area contributed by atoms with Gasteiger partial charge in [-0.3, -0.25) is 14.9 Å². The normalized spacial score (nSPS) is 20.0. The zero-order valence-electron chi connectivity index (χ0n) is 23.9. The van der Waals surface area contributed by atoms with Gasteiger partial charge in [-0.25, -0.2) is 0 Å². The number of nitrogens with one attached hydrogen (secondary N) is 1. The Labute approximate surface area is 244 Å². The summed E-state index contributed by atoms with van der Waals surface area (Å²) in [6.45, 7) is 3.05. The van der Waals surface area contributed by atoms with Crippen molar-refractivity contribution in [3.63, 3.8) is 0 Å². The molecule has 2 aliphatic rings. The monoisotopic (exact) mass is 579 g/mol. The number of carbonyl (C=O) groups excluding carboxylic acids is 1. The average molecular weight is 580 g/mol. The summed E-state index contributed by atoms with van der Waals surface area (Å²) in [5.74, 6) is 0.119. The molecule has 42 heavy (non-hydrogen) atoms. The highest BCUT2D eigenvalue weighted by molar-refractivity contribution is 5.93. The Morgan fingerprint density at radius 2 is 1.79 bits per heavy atom. The van der Waals surface area contributed by atoms with Gasteiger partial charge >= 0.3 is 0 Å². The third-order valence-corrected chi connectivity index (χ3v) is 8.15. The molecule has 1 aliphatic heterocycles. The van der Waals surface area contributed by atoms with Crippen molar-refractivity contribution in [2.45, 2.75) is 50.6 Å². The summed E-state index contributed by atoms with van der Waals surface area (Å²) in [7, 11) is 4.27. The number of benzene rings is 2. The molecule has 3 aromatic rings. The summed E-state index contributed by atoms with van der Waals surface area (Å²) in [4.78, 5) is 28.3. The zero-order chi connectivity index (χ0) is 29.8. The van der Waals surface area contributed by atoms with Gasteiger partial charge in [0.1, 0.15) is 28.6 Å². The lowest BCUT2D eigenvalue weighted by Crippen LogP contribution is -2.49. The minimum absolute atomic E-state index is 0.0209. The molecule has 2 heterocycles. The Balaban J connectivity index is 1.19. The number of phenols is 2. The van der Waals surface area contributed by atoms with Crippen LogP contribution in [-0.4, -0.2) is 81.8 Å². The van der Waals surface area contributed by atoms with E-state index in [4.69, 9.17) is 9.26 Å². The van der Waals surface area contributed by atoms with Crippen LogP contribution < -0.4 is 10.1 Å². The Hall–Kier alpha value is -4.16. The van der Waals surface area contributed by atoms with Gasteiger partial charge in [0.15, 0.2) is 11.5 Å². The van der Waals surface area contributed by atoms with Crippen molar-refractivity contribution < 1.29 is 29.2 Å². The standard InChI is InChI=1S/C30H37N5O7/c1-33(2)18-19-3-5-21(6-4-19)34-13-11-20(12-14-34)31-30(38)25-17-28(42-32-25)29-26(37)15-23(36)16-27(29)41-24-9-7-22(8-10-24)35(39)40/h7-10,15-17,19-21,36-37H,3-6,11-14,18H2,1-2H3,(H,31,38). The van der Waals surface area contributed by atoms with Gasteiger partial charge in [0.2, 0.25) is 0 Å². The lowest BCUT2D eigenvalue weighted by molar-refractivity contribution is -0.384. The SMILES string of the molecule is CN(C)CC1CCC(N2CCC(NC(=O)c3cc(-c4c(O)cc(O)cc4Oc4ccc([N+](=O)[O-])cc4)on3)CC2)CC1. The predicted octanol–water partition coefficient (Wildman–Crippen LogP) is 4.77. The molecule has 1 aliphatic carbocycles. The van der Waals surface area contributed by atoms with Crippen LogP contribution in [0.2, 0.25) is 0 Å². The molecule has 2 fully saturated rings. The number of hydrogen-bond donors (Lipinski definition) is 3. The van der Waals surface area contributed by atoms with Gasteiger partial charge in [-0.05, 0) is 70.7 Å². The molecule has 2 aromatic carbocycles. The molecule has 0 spiro atoms. The first-order valence-electron chi connectivity index (χ1n) is 14.3. The molecule has 0 unspecified atom stereocenters. The van der Waals surface area contributed by atoms with E-state index < -0.39 is 4.92 Å². The molecule has 5 rings (SSSR count). The summed E-state index contributed by atoms with van der Waals surface area (Å²) < 4.78 is 11.2. The maximum atomic E-state index is 13.0. The number of nitro groups is 1. The van der Waals surface area contributed by atoms with Crippen LogP contribution in [0.15, 0.2) is 47.0 Å². The fourth-order valence-electron chi connectivity index (χ4n) is 6.05. The minimum Gasteiger partial charge on any atom is -0.508 e. The molecule has 1 saturated heterocycles. The number of aromatic nitrogens is 1. The van der Waals surface area contributed by atoms with Crippen LogP contribution in [-0.2, 0) is 0 Å². The second-order valence-electron chi connectivity index (χ2n) is 11.5. The third kappa shape index (κ3) is 7.00. The zero-order valence-corrected chi connectivity index (χ0v) is 23.9. The number of likely N-dealkylation sites (tertiary alicyclic amines) is 1. The second kappa shape index (κ2) is 12.8. The van der Waals surface area contributed by atoms with Crippen LogP contribution in [0.1, 0.15) is 49.0 Å². The number of nitrogens with zero attached hydrogens (tertiary/aromatic N) is 4. The Morgan fingerprint density at radius 3 is 2.43 bits per heavy atom. The van der Waals surface area contributed by atoms with Crippen molar-refractivity contribution in [1.29, 1.82) is 0 Å². The van der Waals surface area contributed by atoms with E-state index >= 15 is 0 Å². The van der Waals surface area contributed by atoms with Crippen molar-refractivity contribution in [2.75, 3.05) is 33.7 Å². The molecule has 1 saturated carbocycles. The van der Waals surface area contributed by atoms with E-state index in [1.165, 1.54) is 62.1 Å². The van der Waals surface area contributed by atoms with Crippen molar-refractivity contribution in [3.05, 3.63) is 58.3 Å². The summed E-state index contributed by atoms with van der Waals surface area (Å²) in [6.07, 6.45) is 6.73. The van der Waals surface area contributed by atoms with Gasteiger partial charge in [0.05, 0.1) is 4.92 Å². The number of piperidine rings is 1. The number of nitro benzene ring substituents is 1. The van der Waals surface area contributed by atoms with E-state index in [0.717, 1.165) is 44.5 Å². The van der Waals surface area contributed by atoms with Gasteiger partial charge in [-0.15, -0.1) is 0 Å². The maximum Gasteiger partial charge on any atom is 0.273 e. The highest BCUT2D eigenvalue weighted by Gasteiger charge is 2.30. The van der Waals surface area contributed by atoms with Gasteiger partial charge in [0.25, 0.3) is 11.6 Å². The highest BCUT2D eigenvalue weighted by atomic mass is 16.6. The third-order valence-electron chi connectivity index (χ3n) is 8.15. The number of hydrogen-bond acceptors (Lipinski definition) is 10. The van der Waals surface area contributed by atoms with Crippen LogP contribution in [0.3, 0.4) is 0 Å². The molecule has 0 atom stereocenters. The predicted molar refractivity (Wildman–Crippen MR) is 155 cm³/mol. The first-order chi connectivity index (χ1) is 20.2. The average Bonchev–Trinajstić information content (AvgIpc) is 3.43. The molecule has 0 bridgehead atoms. The van der Waals surface area contributed by atoms with Crippen LogP contribution in [0.25, 0.3) is 11.3 Å². The molecule has 1 aromatic heterocycles. The molecular weight excluding hydrogens is 542 g/mol. The molecule has 1 amide bonds. The van der Waals surface area contributed by atoms with E-state index in [1.807, 2.05) is 0 Å². The first-order valence-corrected chi connectivity index (χ1v) is 14.3. The summed E-state index contributed by atoms with van der Waals surface area (Å²) in [5.41, 5.74) is 0.0207. The Bertz CT molecular complexity index is 1390. The van der Waals surface area contributed by atoms with E-state index in [2.05, 4.69) is 34.4 Å². The van der Waals surface area contributed by atoms with Crippen LogP contribution >= 0.6 is 0 Å². The van der Waals surface area contributed by atoms with Gasteiger partial charge < -0.3 is 34.6 Å². The number of non-ortho nitro benzene ring substituents is 1. The number of ether oxygens (including phenoxy) is 1. The molecule has 3 N–H and O–H groups in total. The summed E-state index contributed by atoms with van der Waals surface area (Å²) >= 11 is 0. The van der Waals surface area contributed by atoms with Crippen LogP contribution in [0, 0.1) is 16.0 Å². The number of carbonyl (C=O) groups is 1. The molecule has 224 valence electrons. The van der Waals surface area contributed by atoms with Crippen LogP contribution in [0.5, 0.6) is 23.0 Å². The minimum atomic E-state index is -0.530. The van der Waals surface area contributed by atoms with Crippen molar-refractivity contribution in [3.8, 4) is 34.3 Å². The maximum absolute atomic E-state index is 13.0. The van der Waals surface area contributed by atoms with E-state index in [1.54, 1.807) is 0 Å². The molecule has 12 nitrogen and oxygen atoms in total. The lowest BCUT2D eigenvalue weighted by atomic mass is 9.84. The van der Waals surface area contributed by atoms with E-state index in [0.29, 0.717) is 6.04 Å². The van der Waals surface area contributed by atoms with E-state index in [-0.39, 0.29) is 57.7 Å².